The fraction of sp³-hybridized carbons (Fsp3) is 1.00. The molecule has 0 aromatic rings. The van der Waals surface area contributed by atoms with Crippen LogP contribution in [-0.2, 0) is 0 Å². The van der Waals surface area contributed by atoms with Gasteiger partial charge in [-0.05, 0) is 32.7 Å². The van der Waals surface area contributed by atoms with E-state index < -0.39 is 0 Å². The van der Waals surface area contributed by atoms with Crippen LogP contribution < -0.4 is 10.6 Å². The first-order valence-corrected chi connectivity index (χ1v) is 4.63. The predicted octanol–water partition coefficient (Wildman–Crippen LogP) is 0.982. The van der Waals surface area contributed by atoms with E-state index >= 15 is 0 Å². The van der Waals surface area contributed by atoms with Gasteiger partial charge in [0.25, 0.3) is 0 Å². The Kier molecular flexibility index (Phi) is 3.34. The van der Waals surface area contributed by atoms with E-state index in [4.69, 9.17) is 0 Å². The minimum Gasteiger partial charge on any atom is -0.316 e. The fourth-order valence-electron chi connectivity index (χ4n) is 1.51. The summed E-state index contributed by atoms with van der Waals surface area (Å²) in [5.74, 6) is 0.956. The molecule has 1 fully saturated rings. The normalized spacial score (nSPS) is 33.0. The van der Waals surface area contributed by atoms with E-state index in [0.29, 0.717) is 6.04 Å². The van der Waals surface area contributed by atoms with Crippen LogP contribution in [0, 0.1) is 5.92 Å². The van der Waals surface area contributed by atoms with Crippen molar-refractivity contribution in [2.45, 2.75) is 38.8 Å². The molecule has 1 atom stereocenters. The molecule has 11 heavy (non-hydrogen) atoms. The van der Waals surface area contributed by atoms with E-state index in [-0.39, 0.29) is 0 Å². The van der Waals surface area contributed by atoms with Crippen molar-refractivity contribution in [2.75, 3.05) is 13.6 Å². The lowest BCUT2D eigenvalue weighted by Crippen LogP contribution is -2.45. The quantitative estimate of drug-likeness (QED) is 0.634. The van der Waals surface area contributed by atoms with Crippen LogP contribution in [0.2, 0.25) is 0 Å². The maximum atomic E-state index is 3.54. The molecule has 0 unspecified atom stereocenters. The Labute approximate surface area is 69.8 Å². The van der Waals surface area contributed by atoms with Crippen LogP contribution in [0.3, 0.4) is 0 Å². The Hall–Kier alpha value is -0.0800. The summed E-state index contributed by atoms with van der Waals surface area (Å²) in [5.41, 5.74) is 0. The van der Waals surface area contributed by atoms with Gasteiger partial charge in [-0.15, -0.1) is 0 Å². The second-order valence-electron chi connectivity index (χ2n) is 3.87. The largest absolute Gasteiger partial charge is 0.316 e. The second-order valence-corrected chi connectivity index (χ2v) is 3.87. The van der Waals surface area contributed by atoms with E-state index in [1.165, 1.54) is 12.8 Å². The molecule has 0 aliphatic heterocycles. The van der Waals surface area contributed by atoms with Gasteiger partial charge < -0.3 is 10.6 Å². The van der Waals surface area contributed by atoms with Crippen molar-refractivity contribution in [3.8, 4) is 0 Å². The molecular weight excluding hydrogens is 136 g/mol. The topological polar surface area (TPSA) is 24.1 Å². The Morgan fingerprint density at radius 1 is 1.45 bits per heavy atom. The third-order valence-electron chi connectivity index (χ3n) is 2.58. The molecule has 1 rings (SSSR count). The zero-order valence-corrected chi connectivity index (χ0v) is 7.85. The zero-order valence-electron chi connectivity index (χ0n) is 7.85. The van der Waals surface area contributed by atoms with Gasteiger partial charge in [0, 0.05) is 18.6 Å². The number of hydrogen-bond acceptors (Lipinski definition) is 2. The van der Waals surface area contributed by atoms with Crippen LogP contribution in [0.15, 0.2) is 0 Å². The third-order valence-corrected chi connectivity index (χ3v) is 2.58. The summed E-state index contributed by atoms with van der Waals surface area (Å²) in [7, 11) is 2.01. The van der Waals surface area contributed by atoms with Crippen molar-refractivity contribution >= 4 is 0 Å². The van der Waals surface area contributed by atoms with Crippen molar-refractivity contribution in [3.63, 3.8) is 0 Å². The molecule has 0 bridgehead atoms. The molecule has 2 nitrogen and oxygen atoms in total. The lowest BCUT2D eigenvalue weighted by molar-refractivity contribution is 0.237. The van der Waals surface area contributed by atoms with Crippen LogP contribution in [0.1, 0.15) is 26.7 Å². The smallest absolute Gasteiger partial charge is 0.0161 e. The van der Waals surface area contributed by atoms with Gasteiger partial charge in [-0.25, -0.2) is 0 Å². The van der Waals surface area contributed by atoms with Crippen LogP contribution in [-0.4, -0.2) is 25.7 Å². The summed E-state index contributed by atoms with van der Waals surface area (Å²) in [6.45, 7) is 5.63. The average molecular weight is 156 g/mol. The maximum Gasteiger partial charge on any atom is 0.0161 e. The van der Waals surface area contributed by atoms with Crippen LogP contribution in [0.4, 0.5) is 0 Å². The zero-order chi connectivity index (χ0) is 8.27. The molecule has 1 aliphatic rings. The number of rotatable bonds is 4. The summed E-state index contributed by atoms with van der Waals surface area (Å²) in [5, 5.41) is 6.75. The molecule has 0 amide bonds. The van der Waals surface area contributed by atoms with E-state index in [9.17, 15) is 0 Å². The van der Waals surface area contributed by atoms with Crippen molar-refractivity contribution in [1.29, 1.82) is 0 Å². The first-order valence-electron chi connectivity index (χ1n) is 4.63. The molecule has 0 saturated heterocycles. The van der Waals surface area contributed by atoms with Crippen molar-refractivity contribution in [3.05, 3.63) is 0 Å². The predicted molar refractivity (Wildman–Crippen MR) is 48.7 cm³/mol. The molecule has 0 spiro atoms. The van der Waals surface area contributed by atoms with Gasteiger partial charge in [0.1, 0.15) is 0 Å². The van der Waals surface area contributed by atoms with Gasteiger partial charge in [0.2, 0.25) is 0 Å². The minimum absolute atomic E-state index is 0.603. The highest BCUT2D eigenvalue weighted by molar-refractivity contribution is 4.83. The van der Waals surface area contributed by atoms with Crippen LogP contribution >= 0.6 is 0 Å². The molecular formula is C9H20N2. The van der Waals surface area contributed by atoms with Gasteiger partial charge in [-0.2, -0.15) is 0 Å². The van der Waals surface area contributed by atoms with Crippen molar-refractivity contribution in [2.24, 2.45) is 5.92 Å². The third kappa shape index (κ3) is 2.80. The molecule has 0 aromatic heterocycles. The Morgan fingerprint density at radius 3 is 2.55 bits per heavy atom. The summed E-state index contributed by atoms with van der Waals surface area (Å²) in [6, 6.07) is 1.41. The Morgan fingerprint density at radius 2 is 2.09 bits per heavy atom. The SMILES string of the molecule is CN[C@@H](C)CNC1CC(C)C1. The number of hydrogen-bond donors (Lipinski definition) is 2. The Balaban J connectivity index is 1.96. The second kappa shape index (κ2) is 4.07. The lowest BCUT2D eigenvalue weighted by Gasteiger charge is -2.34. The van der Waals surface area contributed by atoms with Crippen LogP contribution in [0.5, 0.6) is 0 Å². The highest BCUT2D eigenvalue weighted by Crippen LogP contribution is 2.25. The lowest BCUT2D eigenvalue weighted by atomic mass is 9.82. The maximum absolute atomic E-state index is 3.54. The molecule has 0 aromatic carbocycles. The molecule has 2 N–H and O–H groups in total. The van der Waals surface area contributed by atoms with E-state index in [0.717, 1.165) is 18.5 Å². The van der Waals surface area contributed by atoms with Gasteiger partial charge in [0.15, 0.2) is 0 Å². The van der Waals surface area contributed by atoms with E-state index in [2.05, 4.69) is 24.5 Å². The highest BCUT2D eigenvalue weighted by Gasteiger charge is 2.24. The Bertz CT molecular complexity index is 108. The molecule has 66 valence electrons. The number of nitrogens with one attached hydrogen (secondary N) is 2. The molecule has 1 saturated carbocycles. The monoisotopic (exact) mass is 156 g/mol. The molecule has 0 radical (unpaired) electrons. The first kappa shape index (κ1) is 9.01. The van der Waals surface area contributed by atoms with Crippen molar-refractivity contribution < 1.29 is 0 Å². The van der Waals surface area contributed by atoms with Gasteiger partial charge in [0.05, 0.1) is 0 Å². The van der Waals surface area contributed by atoms with Gasteiger partial charge in [-0.3, -0.25) is 0 Å². The standard InChI is InChI=1S/C9H20N2/c1-7-4-9(5-7)11-6-8(2)10-3/h7-11H,4-6H2,1-3H3/t7?,8-,9?/m0/s1. The van der Waals surface area contributed by atoms with Gasteiger partial charge >= 0.3 is 0 Å². The molecule has 0 heterocycles. The summed E-state index contributed by atoms with van der Waals surface area (Å²) in [4.78, 5) is 0. The minimum atomic E-state index is 0.603. The van der Waals surface area contributed by atoms with E-state index in [1.54, 1.807) is 0 Å². The average Bonchev–Trinajstić information content (AvgIpc) is 1.95. The first-order chi connectivity index (χ1) is 5.22. The molecule has 1 aliphatic carbocycles. The van der Waals surface area contributed by atoms with E-state index in [1.807, 2.05) is 7.05 Å². The fourth-order valence-corrected chi connectivity index (χ4v) is 1.51. The summed E-state index contributed by atoms with van der Waals surface area (Å²) in [6.07, 6.45) is 2.74. The van der Waals surface area contributed by atoms with Gasteiger partial charge in [-0.1, -0.05) is 6.92 Å². The number of likely N-dealkylation sites (N-methyl/N-ethyl adjacent to an activating group) is 1. The van der Waals surface area contributed by atoms with Crippen molar-refractivity contribution in [1.82, 2.24) is 10.6 Å². The summed E-state index contributed by atoms with van der Waals surface area (Å²) >= 11 is 0. The molecule has 2 heteroatoms. The summed E-state index contributed by atoms with van der Waals surface area (Å²) < 4.78 is 0. The van der Waals surface area contributed by atoms with Crippen LogP contribution in [0.25, 0.3) is 0 Å². The highest BCUT2D eigenvalue weighted by atomic mass is 15.0.